The van der Waals surface area contributed by atoms with Gasteiger partial charge in [0.2, 0.25) is 6.79 Å². The summed E-state index contributed by atoms with van der Waals surface area (Å²) < 4.78 is 12.2. The minimum atomic E-state index is -0.312. The molecule has 0 fully saturated rings. The highest BCUT2D eigenvalue weighted by Gasteiger charge is 2.19. The summed E-state index contributed by atoms with van der Waals surface area (Å²) in [5, 5.41) is 7.00. The van der Waals surface area contributed by atoms with Crippen molar-refractivity contribution >= 4 is 17.3 Å². The summed E-state index contributed by atoms with van der Waals surface area (Å²) in [6, 6.07) is 5.07. The quantitative estimate of drug-likeness (QED) is 0.847. The summed E-state index contributed by atoms with van der Waals surface area (Å²) in [6.07, 6.45) is 0. The Labute approximate surface area is 128 Å². The number of ether oxygens (including phenoxy) is 2. The molecule has 1 aliphatic rings. The summed E-state index contributed by atoms with van der Waals surface area (Å²) in [4.78, 5) is 12.3. The predicted molar refractivity (Wildman–Crippen MR) is 82.2 cm³/mol. The molecule has 0 spiro atoms. The van der Waals surface area contributed by atoms with Crippen LogP contribution in [-0.4, -0.2) is 22.5 Å². The molecule has 1 aromatic heterocycles. The van der Waals surface area contributed by atoms with Crippen molar-refractivity contribution in [2.75, 3.05) is 17.8 Å². The topological polar surface area (TPSA) is 91.4 Å². The first-order chi connectivity index (χ1) is 10.5. The van der Waals surface area contributed by atoms with E-state index in [0.29, 0.717) is 28.6 Å². The minimum absolute atomic E-state index is 0.157. The maximum absolute atomic E-state index is 12.3. The van der Waals surface area contributed by atoms with Gasteiger partial charge < -0.3 is 20.5 Å². The zero-order valence-electron chi connectivity index (χ0n) is 12.7. The van der Waals surface area contributed by atoms with Gasteiger partial charge in [-0.2, -0.15) is 5.10 Å². The van der Waals surface area contributed by atoms with Crippen molar-refractivity contribution in [3.63, 3.8) is 0 Å². The van der Waals surface area contributed by atoms with Crippen LogP contribution < -0.4 is 20.5 Å². The number of aryl methyl sites for hydroxylation is 1. The summed E-state index contributed by atoms with van der Waals surface area (Å²) in [7, 11) is 1.82. The number of aromatic nitrogens is 2. The molecule has 0 saturated carbocycles. The van der Waals surface area contributed by atoms with Crippen LogP contribution in [0.5, 0.6) is 11.5 Å². The highest BCUT2D eigenvalue weighted by atomic mass is 16.7. The molecule has 1 aliphatic heterocycles. The Kier molecular flexibility index (Phi) is 3.40. The van der Waals surface area contributed by atoms with Crippen LogP contribution in [0.25, 0.3) is 0 Å². The Balaban J connectivity index is 1.84. The van der Waals surface area contributed by atoms with Crippen LogP contribution in [0, 0.1) is 0 Å². The SMILES string of the molecule is CC(C)c1cc(C(=O)Nc2cc3c(cc2N)OCO3)nn1C. The molecule has 3 rings (SSSR count). The lowest BCUT2D eigenvalue weighted by molar-refractivity contribution is 0.102. The van der Waals surface area contributed by atoms with Crippen molar-refractivity contribution in [2.45, 2.75) is 19.8 Å². The molecule has 7 nitrogen and oxygen atoms in total. The normalized spacial score (nSPS) is 12.7. The van der Waals surface area contributed by atoms with Gasteiger partial charge in [-0.1, -0.05) is 13.8 Å². The maximum atomic E-state index is 12.3. The average Bonchev–Trinajstić information content (AvgIpc) is 3.05. The lowest BCUT2D eigenvalue weighted by atomic mass is 10.1. The van der Waals surface area contributed by atoms with Gasteiger partial charge in [0.25, 0.3) is 5.91 Å². The van der Waals surface area contributed by atoms with Crippen LogP contribution in [0.3, 0.4) is 0 Å². The zero-order chi connectivity index (χ0) is 15.9. The molecule has 0 atom stereocenters. The second-order valence-electron chi connectivity index (χ2n) is 5.48. The zero-order valence-corrected chi connectivity index (χ0v) is 12.7. The van der Waals surface area contributed by atoms with Gasteiger partial charge in [-0.3, -0.25) is 9.48 Å². The number of carbonyl (C=O) groups excluding carboxylic acids is 1. The number of nitrogens with one attached hydrogen (secondary N) is 1. The van der Waals surface area contributed by atoms with E-state index in [0.717, 1.165) is 5.69 Å². The minimum Gasteiger partial charge on any atom is -0.454 e. The molecule has 2 aromatic rings. The second-order valence-corrected chi connectivity index (χ2v) is 5.48. The number of fused-ring (bicyclic) bond motifs is 1. The molecular formula is C15H18N4O3. The van der Waals surface area contributed by atoms with Gasteiger partial charge in [0.05, 0.1) is 11.4 Å². The van der Waals surface area contributed by atoms with Gasteiger partial charge in [-0.05, 0) is 12.0 Å². The number of hydrogen-bond donors (Lipinski definition) is 2. The Morgan fingerprint density at radius 2 is 2.00 bits per heavy atom. The van der Waals surface area contributed by atoms with Gasteiger partial charge in [-0.25, -0.2) is 0 Å². The van der Waals surface area contributed by atoms with Gasteiger partial charge in [0.1, 0.15) is 0 Å². The third-order valence-corrected chi connectivity index (χ3v) is 3.53. The van der Waals surface area contributed by atoms with Gasteiger partial charge >= 0.3 is 0 Å². The maximum Gasteiger partial charge on any atom is 0.276 e. The number of nitrogen functional groups attached to an aromatic ring is 1. The van der Waals surface area contributed by atoms with Gasteiger partial charge in [0, 0.05) is 24.9 Å². The number of amides is 1. The van der Waals surface area contributed by atoms with Crippen LogP contribution in [0.4, 0.5) is 11.4 Å². The first-order valence-corrected chi connectivity index (χ1v) is 7.00. The summed E-state index contributed by atoms with van der Waals surface area (Å²) in [5.41, 5.74) is 8.16. The summed E-state index contributed by atoms with van der Waals surface area (Å²) in [5.74, 6) is 1.12. The molecule has 0 bridgehead atoms. The van der Waals surface area contributed by atoms with Gasteiger partial charge in [0.15, 0.2) is 17.2 Å². The molecule has 116 valence electrons. The van der Waals surface area contributed by atoms with E-state index in [1.54, 1.807) is 22.9 Å². The van der Waals surface area contributed by atoms with E-state index in [2.05, 4.69) is 24.3 Å². The van der Waals surface area contributed by atoms with Crippen LogP contribution in [0.2, 0.25) is 0 Å². The van der Waals surface area contributed by atoms with E-state index in [1.165, 1.54) is 0 Å². The fraction of sp³-hybridized carbons (Fsp3) is 0.333. The molecule has 0 unspecified atom stereocenters. The van der Waals surface area contributed by atoms with E-state index in [-0.39, 0.29) is 18.6 Å². The Morgan fingerprint density at radius 1 is 1.32 bits per heavy atom. The third kappa shape index (κ3) is 2.45. The number of rotatable bonds is 3. The van der Waals surface area contributed by atoms with E-state index in [1.807, 2.05) is 7.05 Å². The molecule has 1 aromatic carbocycles. The first-order valence-electron chi connectivity index (χ1n) is 7.00. The van der Waals surface area contributed by atoms with Gasteiger partial charge in [-0.15, -0.1) is 0 Å². The molecule has 1 amide bonds. The summed E-state index contributed by atoms with van der Waals surface area (Å²) >= 11 is 0. The van der Waals surface area contributed by atoms with Crippen molar-refractivity contribution in [3.05, 3.63) is 29.6 Å². The predicted octanol–water partition coefficient (Wildman–Crippen LogP) is 2.11. The van der Waals surface area contributed by atoms with Crippen molar-refractivity contribution in [2.24, 2.45) is 7.05 Å². The molecular weight excluding hydrogens is 284 g/mol. The molecule has 0 saturated heterocycles. The van der Waals surface area contributed by atoms with Crippen molar-refractivity contribution < 1.29 is 14.3 Å². The standard InChI is InChI=1S/C15H18N4O3/c1-8(2)12-5-11(18-19(12)3)15(20)17-10-6-14-13(4-9(10)16)21-7-22-14/h4-6,8H,7,16H2,1-3H3,(H,17,20). The van der Waals surface area contributed by atoms with Crippen LogP contribution in [0.15, 0.2) is 18.2 Å². The number of hydrogen-bond acceptors (Lipinski definition) is 5. The average molecular weight is 302 g/mol. The van der Waals surface area contributed by atoms with Crippen molar-refractivity contribution in [3.8, 4) is 11.5 Å². The Hall–Kier alpha value is -2.70. The smallest absolute Gasteiger partial charge is 0.276 e. The number of anilines is 2. The monoisotopic (exact) mass is 302 g/mol. The molecule has 0 radical (unpaired) electrons. The summed E-state index contributed by atoms with van der Waals surface area (Å²) in [6.45, 7) is 4.26. The van der Waals surface area contributed by atoms with Crippen molar-refractivity contribution in [1.29, 1.82) is 0 Å². The first kappa shape index (κ1) is 14.2. The highest BCUT2D eigenvalue weighted by molar-refractivity contribution is 6.04. The number of nitrogens with zero attached hydrogens (tertiary/aromatic N) is 2. The van der Waals surface area contributed by atoms with E-state index >= 15 is 0 Å². The fourth-order valence-electron chi connectivity index (χ4n) is 2.39. The number of carbonyl (C=O) groups is 1. The highest BCUT2D eigenvalue weighted by Crippen LogP contribution is 2.38. The van der Waals surface area contributed by atoms with Crippen LogP contribution in [-0.2, 0) is 7.05 Å². The number of nitrogens with two attached hydrogens (primary N) is 1. The van der Waals surface area contributed by atoms with E-state index < -0.39 is 0 Å². The molecule has 7 heteroatoms. The largest absolute Gasteiger partial charge is 0.454 e. The Morgan fingerprint density at radius 3 is 2.64 bits per heavy atom. The van der Waals surface area contributed by atoms with Crippen LogP contribution in [0.1, 0.15) is 35.9 Å². The van der Waals surface area contributed by atoms with E-state index in [4.69, 9.17) is 15.2 Å². The lowest BCUT2D eigenvalue weighted by Gasteiger charge is -2.08. The second kappa shape index (κ2) is 5.25. The molecule has 2 heterocycles. The molecule has 0 aliphatic carbocycles. The molecule has 3 N–H and O–H groups in total. The lowest BCUT2D eigenvalue weighted by Crippen LogP contribution is -2.14. The van der Waals surface area contributed by atoms with Crippen molar-refractivity contribution in [1.82, 2.24) is 9.78 Å². The third-order valence-electron chi connectivity index (χ3n) is 3.53. The fourth-order valence-corrected chi connectivity index (χ4v) is 2.39. The Bertz CT molecular complexity index is 737. The number of benzene rings is 1. The van der Waals surface area contributed by atoms with E-state index in [9.17, 15) is 4.79 Å². The van der Waals surface area contributed by atoms with Crippen LogP contribution >= 0.6 is 0 Å². The molecule has 22 heavy (non-hydrogen) atoms.